The zero-order chi connectivity index (χ0) is 12.3. The summed E-state index contributed by atoms with van der Waals surface area (Å²) >= 11 is 0. The van der Waals surface area contributed by atoms with Crippen molar-refractivity contribution in [3.63, 3.8) is 0 Å². The van der Waals surface area contributed by atoms with E-state index in [1.807, 2.05) is 0 Å². The lowest BCUT2D eigenvalue weighted by molar-refractivity contribution is 0.316. The van der Waals surface area contributed by atoms with Crippen LogP contribution in [0.1, 0.15) is 19.3 Å². The predicted octanol–water partition coefficient (Wildman–Crippen LogP) is 0.597. The fourth-order valence-corrected chi connectivity index (χ4v) is 2.60. The van der Waals surface area contributed by atoms with E-state index in [9.17, 15) is 8.42 Å². The fraction of sp³-hybridized carbons (Fsp3) is 0.600. The summed E-state index contributed by atoms with van der Waals surface area (Å²) in [6.07, 6.45) is 6.03. The molecule has 0 radical (unpaired) electrons. The van der Waals surface area contributed by atoms with Crippen molar-refractivity contribution < 1.29 is 8.42 Å². The highest BCUT2D eigenvalue weighted by Gasteiger charge is 2.21. The van der Waals surface area contributed by atoms with Crippen LogP contribution in [-0.2, 0) is 10.0 Å². The first-order valence-corrected chi connectivity index (χ1v) is 7.09. The third kappa shape index (κ3) is 2.92. The lowest BCUT2D eigenvalue weighted by Gasteiger charge is -2.25. The summed E-state index contributed by atoms with van der Waals surface area (Å²) < 4.78 is 26.3. The fourth-order valence-electron chi connectivity index (χ4n) is 1.59. The van der Waals surface area contributed by atoms with E-state index in [0.29, 0.717) is 18.4 Å². The molecule has 1 fully saturated rings. The second-order valence-corrected chi connectivity index (χ2v) is 5.91. The Morgan fingerprint density at radius 3 is 2.47 bits per heavy atom. The van der Waals surface area contributed by atoms with Crippen molar-refractivity contribution in [1.82, 2.24) is 14.7 Å². The van der Waals surface area contributed by atoms with E-state index in [1.165, 1.54) is 18.8 Å². The average molecular weight is 256 g/mol. The number of hydrogen-bond donors (Lipinski definition) is 2. The van der Waals surface area contributed by atoms with Crippen molar-refractivity contribution in [2.24, 2.45) is 5.92 Å². The molecule has 0 aliphatic heterocycles. The Bertz CT molecular complexity index is 468. The molecule has 94 valence electrons. The largest absolute Gasteiger partial charge is 0.357 e. The van der Waals surface area contributed by atoms with Crippen LogP contribution in [0.15, 0.2) is 17.3 Å². The molecule has 1 aromatic heterocycles. The Hall–Kier alpha value is -1.21. The SMILES string of the molecule is CNc1ncc(S(=O)(=O)NCC2CCC2)cn1. The number of nitrogens with zero attached hydrogens (tertiary/aromatic N) is 2. The summed E-state index contributed by atoms with van der Waals surface area (Å²) in [7, 11) is -1.78. The molecule has 1 heterocycles. The minimum absolute atomic E-state index is 0.107. The van der Waals surface area contributed by atoms with E-state index < -0.39 is 10.0 Å². The lowest BCUT2D eigenvalue weighted by Crippen LogP contribution is -2.32. The number of nitrogens with one attached hydrogen (secondary N) is 2. The molecule has 2 rings (SSSR count). The molecule has 2 N–H and O–H groups in total. The van der Waals surface area contributed by atoms with Gasteiger partial charge in [-0.3, -0.25) is 0 Å². The van der Waals surface area contributed by atoms with Crippen molar-refractivity contribution >= 4 is 16.0 Å². The van der Waals surface area contributed by atoms with Crippen LogP contribution in [0.4, 0.5) is 5.95 Å². The van der Waals surface area contributed by atoms with Crippen molar-refractivity contribution in [3.05, 3.63) is 12.4 Å². The van der Waals surface area contributed by atoms with Crippen molar-refractivity contribution in [2.75, 3.05) is 18.9 Å². The number of sulfonamides is 1. The minimum Gasteiger partial charge on any atom is -0.357 e. The number of anilines is 1. The van der Waals surface area contributed by atoms with E-state index >= 15 is 0 Å². The molecule has 17 heavy (non-hydrogen) atoms. The zero-order valence-electron chi connectivity index (χ0n) is 9.68. The first-order valence-electron chi connectivity index (χ1n) is 5.61. The molecule has 1 aliphatic rings. The summed E-state index contributed by atoms with van der Waals surface area (Å²) in [6, 6.07) is 0. The molecule has 0 amide bonds. The smallest absolute Gasteiger partial charge is 0.243 e. The molecule has 0 atom stereocenters. The predicted molar refractivity (Wildman–Crippen MR) is 64.1 cm³/mol. The Morgan fingerprint density at radius 1 is 1.35 bits per heavy atom. The van der Waals surface area contributed by atoms with Crippen LogP contribution in [0.3, 0.4) is 0 Å². The van der Waals surface area contributed by atoms with Gasteiger partial charge in [-0.05, 0) is 18.8 Å². The van der Waals surface area contributed by atoms with Crippen LogP contribution in [0.5, 0.6) is 0 Å². The Labute approximate surface area is 101 Å². The highest BCUT2D eigenvalue weighted by Crippen LogP contribution is 2.25. The maximum Gasteiger partial charge on any atom is 0.243 e. The highest BCUT2D eigenvalue weighted by molar-refractivity contribution is 7.89. The molecule has 1 saturated carbocycles. The number of aromatic nitrogens is 2. The van der Waals surface area contributed by atoms with Crippen LogP contribution in [0.2, 0.25) is 0 Å². The monoisotopic (exact) mass is 256 g/mol. The lowest BCUT2D eigenvalue weighted by atomic mass is 9.86. The summed E-state index contributed by atoms with van der Waals surface area (Å²) in [5.74, 6) is 0.894. The van der Waals surface area contributed by atoms with Gasteiger partial charge in [-0.25, -0.2) is 23.1 Å². The highest BCUT2D eigenvalue weighted by atomic mass is 32.2. The molecule has 0 bridgehead atoms. The van der Waals surface area contributed by atoms with Gasteiger partial charge in [-0.2, -0.15) is 0 Å². The molecule has 7 heteroatoms. The van der Waals surface area contributed by atoms with Crippen LogP contribution >= 0.6 is 0 Å². The summed E-state index contributed by atoms with van der Waals surface area (Å²) in [4.78, 5) is 7.87. The van der Waals surface area contributed by atoms with Gasteiger partial charge in [-0.15, -0.1) is 0 Å². The van der Waals surface area contributed by atoms with E-state index in [0.717, 1.165) is 12.8 Å². The molecular formula is C10H16N4O2S. The van der Waals surface area contributed by atoms with Crippen LogP contribution < -0.4 is 10.0 Å². The average Bonchev–Trinajstić information content (AvgIpc) is 2.27. The van der Waals surface area contributed by atoms with Gasteiger partial charge in [-0.1, -0.05) is 6.42 Å². The minimum atomic E-state index is -3.46. The molecule has 1 aromatic rings. The second-order valence-electron chi connectivity index (χ2n) is 4.14. The van der Waals surface area contributed by atoms with Gasteiger partial charge >= 0.3 is 0 Å². The third-order valence-corrected chi connectivity index (χ3v) is 4.33. The second kappa shape index (κ2) is 4.97. The van der Waals surface area contributed by atoms with Gasteiger partial charge in [0.15, 0.2) is 0 Å². The quantitative estimate of drug-likeness (QED) is 0.806. The first-order chi connectivity index (χ1) is 8.12. The summed E-state index contributed by atoms with van der Waals surface area (Å²) in [5.41, 5.74) is 0. The van der Waals surface area contributed by atoms with Gasteiger partial charge < -0.3 is 5.32 Å². The van der Waals surface area contributed by atoms with Gasteiger partial charge in [0.2, 0.25) is 16.0 Å². The topological polar surface area (TPSA) is 84.0 Å². The normalized spacial score (nSPS) is 16.5. The molecule has 0 unspecified atom stereocenters. The Morgan fingerprint density at radius 2 is 2.00 bits per heavy atom. The first kappa shape index (κ1) is 12.3. The third-order valence-electron chi connectivity index (χ3n) is 2.95. The maximum absolute atomic E-state index is 11.9. The molecule has 6 nitrogen and oxygen atoms in total. The maximum atomic E-state index is 11.9. The number of rotatable bonds is 5. The van der Waals surface area contributed by atoms with Gasteiger partial charge in [0, 0.05) is 13.6 Å². The molecule has 1 aliphatic carbocycles. The Balaban J connectivity index is 2.02. The van der Waals surface area contributed by atoms with E-state index in [1.54, 1.807) is 7.05 Å². The van der Waals surface area contributed by atoms with Crippen LogP contribution in [-0.4, -0.2) is 32.0 Å². The van der Waals surface area contributed by atoms with Gasteiger partial charge in [0.05, 0.1) is 12.4 Å². The molecule has 0 saturated heterocycles. The molecule has 0 aromatic carbocycles. The zero-order valence-corrected chi connectivity index (χ0v) is 10.5. The van der Waals surface area contributed by atoms with Crippen molar-refractivity contribution in [1.29, 1.82) is 0 Å². The van der Waals surface area contributed by atoms with Gasteiger partial charge in [0.1, 0.15) is 4.90 Å². The summed E-state index contributed by atoms with van der Waals surface area (Å²) in [6.45, 7) is 0.510. The van der Waals surface area contributed by atoms with E-state index in [4.69, 9.17) is 0 Å². The number of hydrogen-bond acceptors (Lipinski definition) is 5. The Kier molecular flexibility index (Phi) is 3.58. The van der Waals surface area contributed by atoms with Gasteiger partial charge in [0.25, 0.3) is 0 Å². The molecular weight excluding hydrogens is 240 g/mol. The standard InChI is InChI=1S/C10H16N4O2S/c1-11-10-12-6-9(7-13-10)17(15,16)14-5-8-3-2-4-8/h6-8,14H,2-5H2,1H3,(H,11,12,13). The van der Waals surface area contributed by atoms with Crippen molar-refractivity contribution in [3.8, 4) is 0 Å². The van der Waals surface area contributed by atoms with Crippen molar-refractivity contribution in [2.45, 2.75) is 24.2 Å². The van der Waals surface area contributed by atoms with Crippen LogP contribution in [0, 0.1) is 5.92 Å². The molecule has 0 spiro atoms. The van der Waals surface area contributed by atoms with E-state index in [-0.39, 0.29) is 4.90 Å². The van der Waals surface area contributed by atoms with Crippen LogP contribution in [0.25, 0.3) is 0 Å². The summed E-state index contributed by atoms with van der Waals surface area (Å²) in [5, 5.41) is 2.74. The van der Waals surface area contributed by atoms with E-state index in [2.05, 4.69) is 20.0 Å².